The number of nitrogens with zero attached hydrogens (tertiary/aromatic N) is 2. The van der Waals surface area contributed by atoms with Crippen molar-refractivity contribution in [2.24, 2.45) is 5.73 Å². The highest BCUT2D eigenvalue weighted by atomic mass is 35.5. The van der Waals surface area contributed by atoms with Crippen LogP contribution < -0.4 is 11.1 Å². The second-order valence-electron chi connectivity index (χ2n) is 7.91. The minimum absolute atomic E-state index is 0.666. The van der Waals surface area contributed by atoms with E-state index in [9.17, 15) is 0 Å². The number of nitrogens with one attached hydrogen (secondary N) is 2. The highest BCUT2D eigenvalue weighted by Gasteiger charge is 2.18. The molecule has 0 spiro atoms. The van der Waals surface area contributed by atoms with Crippen LogP contribution >= 0.6 is 23.2 Å². The van der Waals surface area contributed by atoms with Crippen molar-refractivity contribution in [2.75, 3.05) is 47.9 Å². The van der Waals surface area contributed by atoms with E-state index >= 15 is 0 Å². The molecule has 0 unspecified atom stereocenters. The fraction of sp³-hybridized carbons (Fsp3) is 0.444. The molecule has 36 heavy (non-hydrogen) atoms. The average Bonchev–Trinajstić information content (AvgIpc) is 3.31. The van der Waals surface area contributed by atoms with Crippen LogP contribution in [0.1, 0.15) is 37.7 Å². The number of likely N-dealkylation sites (tertiary alicyclic amines) is 1. The first-order valence-electron chi connectivity index (χ1n) is 11.8. The fourth-order valence-electron chi connectivity index (χ4n) is 3.94. The Morgan fingerprint density at radius 3 is 2.08 bits per heavy atom. The summed E-state index contributed by atoms with van der Waals surface area (Å²) >= 11 is 12.5. The first kappa shape index (κ1) is 33.7. The number of fused-ring (bicyclic) bond motifs is 1. The van der Waals surface area contributed by atoms with Gasteiger partial charge in [0.1, 0.15) is 0 Å². The molecule has 0 atom stereocenters. The van der Waals surface area contributed by atoms with Gasteiger partial charge in [0.25, 0.3) is 0 Å². The average molecular weight is 539 g/mol. The van der Waals surface area contributed by atoms with Crippen LogP contribution in [0.3, 0.4) is 0 Å². The fourth-order valence-corrected chi connectivity index (χ4v) is 4.49. The highest BCUT2D eigenvalue weighted by molar-refractivity contribution is 6.42. The predicted octanol–water partition coefficient (Wildman–Crippen LogP) is 5.21. The van der Waals surface area contributed by atoms with Gasteiger partial charge < -0.3 is 31.1 Å². The Balaban J connectivity index is 0.000000874. The van der Waals surface area contributed by atoms with Gasteiger partial charge in [-0.2, -0.15) is 5.26 Å². The molecule has 3 aromatic rings. The van der Waals surface area contributed by atoms with Gasteiger partial charge in [0.15, 0.2) is 6.19 Å². The number of nitriles is 1. The molecule has 7 nitrogen and oxygen atoms in total. The van der Waals surface area contributed by atoms with Crippen molar-refractivity contribution in [1.29, 1.82) is 5.26 Å². The van der Waals surface area contributed by atoms with Crippen molar-refractivity contribution in [3.63, 3.8) is 0 Å². The quantitative estimate of drug-likeness (QED) is 0.230. The minimum atomic E-state index is 0.666. The van der Waals surface area contributed by atoms with Crippen LogP contribution in [0.2, 0.25) is 10.0 Å². The number of nitrogens with two attached hydrogens (primary N) is 1. The summed E-state index contributed by atoms with van der Waals surface area (Å²) in [7, 11) is 6.16. The lowest BCUT2D eigenvalue weighted by atomic mass is 9.88. The minimum Gasteiger partial charge on any atom is -0.400 e. The predicted molar refractivity (Wildman–Crippen MR) is 154 cm³/mol. The summed E-state index contributed by atoms with van der Waals surface area (Å²) in [5.74, 6) is 0.681. The Bertz CT molecular complexity index is 1010. The standard InChI is InChI=1S/C20H20Cl2N2.C4H11N.CH2N2.2CH4O/c1-24-10-8-14(9-11-24)13-2-4-15(5-3-13)16-6-7-17(21)19-18(22)12-23-20(16)19;1-3-4-5-2;2-1-3;2*1-2/h2-7,12,14,23H,8-11H2,1H3;5H,3-4H2,1-2H3;2H2;2*2H,1H3. The first-order chi connectivity index (χ1) is 17.5. The maximum Gasteiger partial charge on any atom is 0.173 e. The maximum atomic E-state index is 7.10. The van der Waals surface area contributed by atoms with Crippen LogP contribution in [-0.2, 0) is 0 Å². The third-order valence-electron chi connectivity index (χ3n) is 5.65. The Labute approximate surface area is 225 Å². The van der Waals surface area contributed by atoms with Crippen LogP contribution in [0, 0.1) is 11.5 Å². The van der Waals surface area contributed by atoms with Gasteiger partial charge in [-0.3, -0.25) is 0 Å². The molecular formula is C27H41Cl2N5O2. The van der Waals surface area contributed by atoms with Gasteiger partial charge in [-0.25, -0.2) is 0 Å². The molecule has 9 heteroatoms. The number of halogens is 2. The van der Waals surface area contributed by atoms with Crippen molar-refractivity contribution in [1.82, 2.24) is 15.2 Å². The zero-order chi connectivity index (χ0) is 27.5. The topological polar surface area (TPSA) is 121 Å². The van der Waals surface area contributed by atoms with E-state index in [4.69, 9.17) is 38.7 Å². The number of rotatable bonds is 4. The molecule has 2 heterocycles. The zero-order valence-electron chi connectivity index (χ0n) is 22.0. The first-order valence-corrected chi connectivity index (χ1v) is 12.6. The Morgan fingerprint density at radius 2 is 1.61 bits per heavy atom. The van der Waals surface area contributed by atoms with Crippen molar-refractivity contribution in [3.8, 4) is 17.3 Å². The SMILES string of the molecule is CCCNC.CN1CCC(c2ccc(-c3ccc(Cl)c4c(Cl)c[nH]c34)cc2)CC1.CO.CO.N#CN. The number of H-pyrrole nitrogens is 1. The van der Waals surface area contributed by atoms with E-state index in [1.807, 2.05) is 13.1 Å². The second kappa shape index (κ2) is 19.8. The Hall–Kier alpha value is -2.31. The van der Waals surface area contributed by atoms with E-state index in [1.54, 1.807) is 6.20 Å². The normalized spacial score (nSPS) is 12.9. The van der Waals surface area contributed by atoms with Crippen LogP contribution in [-0.4, -0.2) is 68.0 Å². The molecule has 2 aromatic carbocycles. The molecule has 1 saturated heterocycles. The number of aromatic amines is 1. The van der Waals surface area contributed by atoms with Gasteiger partial charge in [0.05, 0.1) is 15.6 Å². The number of piperidine rings is 1. The number of aromatic nitrogens is 1. The summed E-state index contributed by atoms with van der Waals surface area (Å²) in [6.45, 7) is 5.66. The smallest absolute Gasteiger partial charge is 0.173 e. The number of benzene rings is 2. The molecule has 1 fully saturated rings. The van der Waals surface area contributed by atoms with Gasteiger partial charge in [0.2, 0.25) is 0 Å². The molecular weight excluding hydrogens is 497 g/mol. The van der Waals surface area contributed by atoms with Gasteiger partial charge >= 0.3 is 0 Å². The molecule has 4 rings (SSSR count). The molecule has 1 aliphatic heterocycles. The largest absolute Gasteiger partial charge is 0.400 e. The van der Waals surface area contributed by atoms with Gasteiger partial charge in [-0.1, -0.05) is 60.5 Å². The van der Waals surface area contributed by atoms with E-state index in [1.165, 1.54) is 49.7 Å². The number of aliphatic hydroxyl groups excluding tert-OH is 2. The van der Waals surface area contributed by atoms with E-state index < -0.39 is 0 Å². The van der Waals surface area contributed by atoms with E-state index in [0.717, 1.165) is 37.2 Å². The Kier molecular flexibility index (Phi) is 18.6. The molecule has 6 N–H and O–H groups in total. The van der Waals surface area contributed by atoms with Crippen LogP contribution in [0.4, 0.5) is 0 Å². The molecule has 0 bridgehead atoms. The van der Waals surface area contributed by atoms with Crippen molar-refractivity contribution < 1.29 is 10.2 Å². The summed E-state index contributed by atoms with van der Waals surface area (Å²) in [5.41, 5.74) is 8.92. The van der Waals surface area contributed by atoms with Crippen molar-refractivity contribution in [2.45, 2.75) is 32.1 Å². The number of hydrogen-bond donors (Lipinski definition) is 5. The molecule has 0 aliphatic carbocycles. The molecule has 0 radical (unpaired) electrons. The van der Waals surface area contributed by atoms with Crippen LogP contribution in [0.15, 0.2) is 42.6 Å². The lowest BCUT2D eigenvalue weighted by Gasteiger charge is -2.29. The molecule has 0 saturated carbocycles. The van der Waals surface area contributed by atoms with Crippen LogP contribution in [0.25, 0.3) is 22.0 Å². The lowest BCUT2D eigenvalue weighted by Crippen LogP contribution is -2.29. The maximum absolute atomic E-state index is 7.10. The lowest BCUT2D eigenvalue weighted by molar-refractivity contribution is 0.255. The molecule has 0 amide bonds. The molecule has 200 valence electrons. The third-order valence-corrected chi connectivity index (χ3v) is 6.26. The highest BCUT2D eigenvalue weighted by Crippen LogP contribution is 2.37. The summed E-state index contributed by atoms with van der Waals surface area (Å²) in [5, 5.41) is 26.4. The second-order valence-corrected chi connectivity index (χ2v) is 8.73. The van der Waals surface area contributed by atoms with E-state index in [2.05, 4.69) is 65.2 Å². The third kappa shape index (κ3) is 10.4. The summed E-state index contributed by atoms with van der Waals surface area (Å²) in [6.07, 6.45) is 6.77. The zero-order valence-corrected chi connectivity index (χ0v) is 23.5. The van der Waals surface area contributed by atoms with E-state index in [0.29, 0.717) is 16.0 Å². The van der Waals surface area contributed by atoms with Gasteiger partial charge in [-0.05, 0) is 76.1 Å². The monoisotopic (exact) mass is 537 g/mol. The summed E-state index contributed by atoms with van der Waals surface area (Å²) in [6, 6.07) is 13.0. The van der Waals surface area contributed by atoms with Gasteiger partial charge in [-0.15, -0.1) is 0 Å². The summed E-state index contributed by atoms with van der Waals surface area (Å²) < 4.78 is 0. The Morgan fingerprint density at radius 1 is 1.06 bits per heavy atom. The summed E-state index contributed by atoms with van der Waals surface area (Å²) in [4.78, 5) is 5.66. The number of aliphatic hydroxyl groups is 2. The van der Waals surface area contributed by atoms with Crippen molar-refractivity contribution >= 4 is 34.1 Å². The molecule has 1 aliphatic rings. The molecule has 1 aromatic heterocycles. The van der Waals surface area contributed by atoms with Gasteiger partial charge in [0, 0.05) is 31.4 Å². The van der Waals surface area contributed by atoms with Crippen LogP contribution in [0.5, 0.6) is 0 Å². The number of hydrogen-bond acceptors (Lipinski definition) is 6. The van der Waals surface area contributed by atoms with E-state index in [-0.39, 0.29) is 0 Å². The van der Waals surface area contributed by atoms with Crippen molar-refractivity contribution in [3.05, 3.63) is 58.2 Å².